The SMILES string of the molecule is O=C(O)c1ccc(OC(F)C(F)(F)C(F)F)cc1. The topological polar surface area (TPSA) is 46.5 Å². The Bertz CT molecular complexity index is 418. The number of ether oxygens (including phenoxy) is 1. The molecule has 0 aliphatic heterocycles. The summed E-state index contributed by atoms with van der Waals surface area (Å²) in [7, 11) is 0. The third-order valence-corrected chi connectivity index (χ3v) is 1.93. The Hall–Kier alpha value is -1.86. The van der Waals surface area contributed by atoms with Gasteiger partial charge >= 0.3 is 24.7 Å². The second-order valence-corrected chi connectivity index (χ2v) is 3.24. The van der Waals surface area contributed by atoms with Gasteiger partial charge in [-0.15, -0.1) is 0 Å². The number of carboxylic acids is 1. The molecule has 0 aliphatic rings. The van der Waals surface area contributed by atoms with E-state index in [0.717, 1.165) is 24.3 Å². The van der Waals surface area contributed by atoms with Crippen molar-refractivity contribution in [2.45, 2.75) is 18.7 Å². The second kappa shape index (κ2) is 5.19. The lowest BCUT2D eigenvalue weighted by molar-refractivity contribution is -0.221. The van der Waals surface area contributed by atoms with Crippen LogP contribution in [0.4, 0.5) is 22.0 Å². The number of rotatable bonds is 5. The molecular weight excluding hydrogens is 263 g/mol. The first-order valence-corrected chi connectivity index (χ1v) is 4.55. The Morgan fingerprint density at radius 2 is 1.67 bits per heavy atom. The van der Waals surface area contributed by atoms with E-state index in [-0.39, 0.29) is 5.56 Å². The lowest BCUT2D eigenvalue weighted by atomic mass is 10.2. The van der Waals surface area contributed by atoms with Crippen LogP contribution in [0.5, 0.6) is 5.75 Å². The average molecular weight is 270 g/mol. The van der Waals surface area contributed by atoms with Crippen molar-refractivity contribution in [1.29, 1.82) is 0 Å². The van der Waals surface area contributed by atoms with Crippen molar-refractivity contribution in [3.05, 3.63) is 29.8 Å². The monoisotopic (exact) mass is 270 g/mol. The summed E-state index contributed by atoms with van der Waals surface area (Å²) >= 11 is 0. The molecule has 0 amide bonds. The van der Waals surface area contributed by atoms with Crippen molar-refractivity contribution in [2.75, 3.05) is 0 Å². The van der Waals surface area contributed by atoms with Crippen molar-refractivity contribution >= 4 is 5.97 Å². The van der Waals surface area contributed by atoms with E-state index in [1.54, 1.807) is 0 Å². The molecule has 1 N–H and O–H groups in total. The number of benzene rings is 1. The average Bonchev–Trinajstić information content (AvgIpc) is 2.29. The van der Waals surface area contributed by atoms with Crippen LogP contribution in [0, 0.1) is 0 Å². The molecule has 1 rings (SSSR count). The lowest BCUT2D eigenvalue weighted by Crippen LogP contribution is -2.41. The molecule has 1 unspecified atom stereocenters. The zero-order valence-corrected chi connectivity index (χ0v) is 8.62. The van der Waals surface area contributed by atoms with E-state index < -0.39 is 30.4 Å². The standard InChI is InChI=1S/C10H7F5O3/c11-8(12)10(14,15)9(13)18-6-3-1-5(2-4-6)7(16)17/h1-4,8-9H,(H,16,17). The highest BCUT2D eigenvalue weighted by atomic mass is 19.3. The van der Waals surface area contributed by atoms with E-state index in [2.05, 4.69) is 4.74 Å². The van der Waals surface area contributed by atoms with Gasteiger partial charge in [-0.1, -0.05) is 0 Å². The Balaban J connectivity index is 2.76. The zero-order chi connectivity index (χ0) is 13.9. The minimum Gasteiger partial charge on any atom is -0.478 e. The number of hydrogen-bond acceptors (Lipinski definition) is 2. The van der Waals surface area contributed by atoms with E-state index in [0.29, 0.717) is 0 Å². The lowest BCUT2D eigenvalue weighted by Gasteiger charge is -2.20. The van der Waals surface area contributed by atoms with Gasteiger partial charge in [-0.3, -0.25) is 0 Å². The van der Waals surface area contributed by atoms with Crippen LogP contribution in [0.15, 0.2) is 24.3 Å². The van der Waals surface area contributed by atoms with Gasteiger partial charge in [0, 0.05) is 0 Å². The molecule has 0 aliphatic carbocycles. The number of hydrogen-bond donors (Lipinski definition) is 1. The van der Waals surface area contributed by atoms with Gasteiger partial charge in [0.1, 0.15) is 5.75 Å². The summed E-state index contributed by atoms with van der Waals surface area (Å²) in [4.78, 5) is 10.4. The molecule has 1 aromatic rings. The third-order valence-electron chi connectivity index (χ3n) is 1.93. The number of halogens is 5. The Morgan fingerprint density at radius 1 is 1.17 bits per heavy atom. The zero-order valence-electron chi connectivity index (χ0n) is 8.62. The molecule has 1 atom stereocenters. The third kappa shape index (κ3) is 3.08. The van der Waals surface area contributed by atoms with Crippen molar-refractivity contribution in [2.24, 2.45) is 0 Å². The fourth-order valence-corrected chi connectivity index (χ4v) is 0.973. The number of carbonyl (C=O) groups is 1. The Morgan fingerprint density at radius 3 is 2.06 bits per heavy atom. The number of carboxylic acid groups (broad SMARTS) is 1. The summed E-state index contributed by atoms with van der Waals surface area (Å²) in [5.41, 5.74) is -0.182. The summed E-state index contributed by atoms with van der Waals surface area (Å²) in [5.74, 6) is -6.70. The maximum atomic E-state index is 12.8. The van der Waals surface area contributed by atoms with Crippen LogP contribution in [0.25, 0.3) is 0 Å². The van der Waals surface area contributed by atoms with Crippen LogP contribution in [-0.2, 0) is 0 Å². The number of aromatic carboxylic acids is 1. The van der Waals surface area contributed by atoms with Crippen LogP contribution >= 0.6 is 0 Å². The fraction of sp³-hybridized carbons (Fsp3) is 0.300. The molecule has 0 bridgehead atoms. The normalized spacial score (nSPS) is 13.4. The van der Waals surface area contributed by atoms with Crippen molar-refractivity contribution in [3.63, 3.8) is 0 Å². The van der Waals surface area contributed by atoms with Crippen LogP contribution in [0.1, 0.15) is 10.4 Å². The van der Waals surface area contributed by atoms with Gasteiger partial charge in [0.15, 0.2) is 0 Å². The van der Waals surface area contributed by atoms with Crippen LogP contribution in [0.2, 0.25) is 0 Å². The molecule has 0 radical (unpaired) electrons. The van der Waals surface area contributed by atoms with Crippen molar-refractivity contribution in [3.8, 4) is 5.75 Å². The first kappa shape index (κ1) is 14.2. The Kier molecular flexibility index (Phi) is 4.10. The molecule has 18 heavy (non-hydrogen) atoms. The first-order chi connectivity index (χ1) is 8.25. The fourth-order valence-electron chi connectivity index (χ4n) is 0.973. The van der Waals surface area contributed by atoms with Gasteiger partial charge in [0.05, 0.1) is 5.56 Å². The molecule has 0 fully saturated rings. The highest BCUT2D eigenvalue weighted by Crippen LogP contribution is 2.30. The van der Waals surface area contributed by atoms with E-state index in [1.165, 1.54) is 0 Å². The summed E-state index contributed by atoms with van der Waals surface area (Å²) in [5, 5.41) is 8.53. The maximum Gasteiger partial charge on any atom is 0.372 e. The summed E-state index contributed by atoms with van der Waals surface area (Å²) in [6.45, 7) is 0. The summed E-state index contributed by atoms with van der Waals surface area (Å²) in [6.07, 6.45) is -7.72. The minimum absolute atomic E-state index is 0.182. The maximum absolute atomic E-state index is 12.8. The first-order valence-electron chi connectivity index (χ1n) is 4.55. The molecule has 0 aromatic heterocycles. The van der Waals surface area contributed by atoms with Gasteiger partial charge in [-0.2, -0.15) is 13.2 Å². The molecular formula is C10H7F5O3. The highest BCUT2D eigenvalue weighted by molar-refractivity contribution is 5.87. The van der Waals surface area contributed by atoms with Crippen molar-refractivity contribution in [1.82, 2.24) is 0 Å². The van der Waals surface area contributed by atoms with Gasteiger partial charge in [-0.05, 0) is 24.3 Å². The van der Waals surface area contributed by atoms with E-state index in [4.69, 9.17) is 5.11 Å². The van der Waals surface area contributed by atoms with Gasteiger partial charge in [0.2, 0.25) is 0 Å². The number of alkyl halides is 5. The van der Waals surface area contributed by atoms with E-state index in [9.17, 15) is 26.7 Å². The smallest absolute Gasteiger partial charge is 0.372 e. The molecule has 8 heteroatoms. The van der Waals surface area contributed by atoms with E-state index in [1.807, 2.05) is 0 Å². The summed E-state index contributed by atoms with van der Waals surface area (Å²) in [6, 6.07) is 3.70. The van der Waals surface area contributed by atoms with Gasteiger partial charge in [-0.25, -0.2) is 13.6 Å². The van der Waals surface area contributed by atoms with E-state index >= 15 is 0 Å². The quantitative estimate of drug-likeness (QED) is 0.837. The van der Waals surface area contributed by atoms with Crippen LogP contribution in [0.3, 0.4) is 0 Å². The summed E-state index contributed by atoms with van der Waals surface area (Å²) < 4.78 is 65.3. The molecule has 0 saturated carbocycles. The highest BCUT2D eigenvalue weighted by Gasteiger charge is 2.51. The predicted octanol–water partition coefficient (Wildman–Crippen LogP) is 2.96. The van der Waals surface area contributed by atoms with Gasteiger partial charge in [0.25, 0.3) is 0 Å². The Labute approximate surface area is 97.8 Å². The molecule has 100 valence electrons. The predicted molar refractivity (Wildman–Crippen MR) is 49.9 cm³/mol. The minimum atomic E-state index is -4.94. The molecule has 0 saturated heterocycles. The molecule has 0 heterocycles. The molecule has 0 spiro atoms. The van der Waals surface area contributed by atoms with Crippen molar-refractivity contribution < 1.29 is 36.6 Å². The second-order valence-electron chi connectivity index (χ2n) is 3.24. The van der Waals surface area contributed by atoms with Crippen LogP contribution < -0.4 is 4.74 Å². The van der Waals surface area contributed by atoms with Gasteiger partial charge < -0.3 is 9.84 Å². The largest absolute Gasteiger partial charge is 0.478 e. The van der Waals surface area contributed by atoms with Crippen LogP contribution in [-0.4, -0.2) is 29.8 Å². The molecule has 1 aromatic carbocycles. The molecule has 3 nitrogen and oxygen atoms in total.